The zero-order valence-electron chi connectivity index (χ0n) is 9.93. The molecule has 16 heavy (non-hydrogen) atoms. The maximum atomic E-state index is 8.95. The van der Waals surface area contributed by atoms with Crippen LogP contribution < -0.4 is 0 Å². The first-order chi connectivity index (χ1) is 7.86. The van der Waals surface area contributed by atoms with Crippen LogP contribution in [0, 0.1) is 0 Å². The number of ether oxygens (including phenoxy) is 1. The molecule has 0 unspecified atom stereocenters. The van der Waals surface area contributed by atoms with E-state index in [0.717, 1.165) is 32.7 Å². The van der Waals surface area contributed by atoms with E-state index in [0.29, 0.717) is 0 Å². The van der Waals surface area contributed by atoms with Crippen LogP contribution in [0.4, 0.5) is 0 Å². The van der Waals surface area contributed by atoms with Gasteiger partial charge in [-0.25, -0.2) is 0 Å². The molecule has 0 spiro atoms. The summed E-state index contributed by atoms with van der Waals surface area (Å²) in [6.45, 7) is 3.49. The number of aliphatic hydroxyl groups excluding tert-OH is 1. The van der Waals surface area contributed by atoms with Crippen molar-refractivity contribution >= 4 is 0 Å². The van der Waals surface area contributed by atoms with Crippen LogP contribution in [0.25, 0.3) is 0 Å². The summed E-state index contributed by atoms with van der Waals surface area (Å²) < 4.78 is 5.05. The molecular formula is C13H21NO2. The first-order valence-corrected chi connectivity index (χ1v) is 5.73. The van der Waals surface area contributed by atoms with E-state index >= 15 is 0 Å². The zero-order valence-corrected chi connectivity index (χ0v) is 9.93. The second-order valence-corrected chi connectivity index (χ2v) is 3.79. The van der Waals surface area contributed by atoms with E-state index in [2.05, 4.69) is 29.2 Å². The summed E-state index contributed by atoms with van der Waals surface area (Å²) in [6, 6.07) is 10.4. The van der Waals surface area contributed by atoms with Gasteiger partial charge in [-0.05, 0) is 12.0 Å². The lowest BCUT2D eigenvalue weighted by atomic mass is 10.1. The molecule has 0 fully saturated rings. The third kappa shape index (κ3) is 5.26. The summed E-state index contributed by atoms with van der Waals surface area (Å²) >= 11 is 0. The fourth-order valence-electron chi connectivity index (χ4n) is 1.63. The lowest BCUT2D eigenvalue weighted by Crippen LogP contribution is -2.32. The van der Waals surface area contributed by atoms with Gasteiger partial charge in [-0.3, -0.25) is 4.90 Å². The number of benzene rings is 1. The van der Waals surface area contributed by atoms with Gasteiger partial charge in [0.1, 0.15) is 0 Å². The van der Waals surface area contributed by atoms with Gasteiger partial charge in [0.2, 0.25) is 0 Å². The SMILES string of the molecule is COCCN(CCO)CCc1ccccc1. The van der Waals surface area contributed by atoms with E-state index in [4.69, 9.17) is 9.84 Å². The standard InChI is InChI=1S/C13H21NO2/c1-16-12-10-14(9-11-15)8-7-13-5-3-2-4-6-13/h2-6,15H,7-12H2,1H3. The molecular weight excluding hydrogens is 202 g/mol. The van der Waals surface area contributed by atoms with Crippen LogP contribution in [0.3, 0.4) is 0 Å². The summed E-state index contributed by atoms with van der Waals surface area (Å²) in [4.78, 5) is 2.22. The fourth-order valence-corrected chi connectivity index (χ4v) is 1.63. The van der Waals surface area contributed by atoms with Gasteiger partial charge in [-0.15, -0.1) is 0 Å². The van der Waals surface area contributed by atoms with Gasteiger partial charge in [0.05, 0.1) is 13.2 Å². The van der Waals surface area contributed by atoms with Crippen LogP contribution in [-0.2, 0) is 11.2 Å². The van der Waals surface area contributed by atoms with E-state index in [1.54, 1.807) is 7.11 Å². The molecule has 0 atom stereocenters. The summed E-state index contributed by atoms with van der Waals surface area (Å²) in [5.74, 6) is 0. The minimum atomic E-state index is 0.207. The third-order valence-electron chi connectivity index (χ3n) is 2.59. The number of aliphatic hydroxyl groups is 1. The molecule has 3 nitrogen and oxygen atoms in total. The van der Waals surface area contributed by atoms with E-state index < -0.39 is 0 Å². The normalized spacial score (nSPS) is 10.9. The second-order valence-electron chi connectivity index (χ2n) is 3.79. The van der Waals surface area contributed by atoms with Crippen LogP contribution in [0.1, 0.15) is 5.56 Å². The molecule has 1 rings (SSSR count). The number of rotatable bonds is 8. The summed E-state index contributed by atoms with van der Waals surface area (Å²) in [5, 5.41) is 8.95. The fraction of sp³-hybridized carbons (Fsp3) is 0.538. The van der Waals surface area contributed by atoms with Crippen molar-refractivity contribution in [2.24, 2.45) is 0 Å². The number of hydrogen-bond donors (Lipinski definition) is 1. The lowest BCUT2D eigenvalue weighted by Gasteiger charge is -2.20. The molecule has 0 aliphatic carbocycles. The van der Waals surface area contributed by atoms with Crippen LogP contribution >= 0.6 is 0 Å². The number of hydrogen-bond acceptors (Lipinski definition) is 3. The van der Waals surface area contributed by atoms with Crippen molar-refractivity contribution in [3.8, 4) is 0 Å². The first kappa shape index (κ1) is 13.2. The highest BCUT2D eigenvalue weighted by molar-refractivity contribution is 5.14. The molecule has 0 saturated carbocycles. The van der Waals surface area contributed by atoms with Gasteiger partial charge in [-0.1, -0.05) is 30.3 Å². The highest BCUT2D eigenvalue weighted by Gasteiger charge is 2.03. The molecule has 1 aromatic rings. The highest BCUT2D eigenvalue weighted by Crippen LogP contribution is 2.01. The minimum absolute atomic E-state index is 0.207. The second kappa shape index (κ2) is 8.28. The van der Waals surface area contributed by atoms with E-state index in [-0.39, 0.29) is 6.61 Å². The molecule has 1 aromatic carbocycles. The first-order valence-electron chi connectivity index (χ1n) is 5.73. The predicted molar refractivity (Wildman–Crippen MR) is 65.5 cm³/mol. The van der Waals surface area contributed by atoms with Gasteiger partial charge in [0.25, 0.3) is 0 Å². The number of nitrogens with zero attached hydrogens (tertiary/aromatic N) is 1. The van der Waals surface area contributed by atoms with Crippen molar-refractivity contribution in [3.05, 3.63) is 35.9 Å². The third-order valence-corrected chi connectivity index (χ3v) is 2.59. The largest absolute Gasteiger partial charge is 0.395 e. The Kier molecular flexibility index (Phi) is 6.81. The maximum absolute atomic E-state index is 8.95. The molecule has 90 valence electrons. The Balaban J connectivity index is 2.31. The highest BCUT2D eigenvalue weighted by atomic mass is 16.5. The molecule has 0 radical (unpaired) electrons. The Hall–Kier alpha value is -0.900. The topological polar surface area (TPSA) is 32.7 Å². The van der Waals surface area contributed by atoms with Crippen LogP contribution in [-0.4, -0.2) is 50.0 Å². The average Bonchev–Trinajstić information content (AvgIpc) is 2.34. The van der Waals surface area contributed by atoms with Crippen molar-refractivity contribution < 1.29 is 9.84 Å². The molecule has 0 saturated heterocycles. The Labute approximate surface area is 97.7 Å². The van der Waals surface area contributed by atoms with Gasteiger partial charge in [0.15, 0.2) is 0 Å². The molecule has 0 amide bonds. The van der Waals surface area contributed by atoms with Gasteiger partial charge in [-0.2, -0.15) is 0 Å². The predicted octanol–water partition coefficient (Wildman–Crippen LogP) is 1.17. The van der Waals surface area contributed by atoms with Crippen molar-refractivity contribution in [3.63, 3.8) is 0 Å². The van der Waals surface area contributed by atoms with Crippen LogP contribution in [0.15, 0.2) is 30.3 Å². The van der Waals surface area contributed by atoms with Crippen molar-refractivity contribution in [2.75, 3.05) is 40.0 Å². The summed E-state index contributed by atoms with van der Waals surface area (Å²) in [6.07, 6.45) is 1.02. The van der Waals surface area contributed by atoms with Gasteiger partial charge >= 0.3 is 0 Å². The van der Waals surface area contributed by atoms with Crippen molar-refractivity contribution in [1.29, 1.82) is 0 Å². The van der Waals surface area contributed by atoms with Crippen molar-refractivity contribution in [1.82, 2.24) is 4.90 Å². The molecule has 0 heterocycles. The van der Waals surface area contributed by atoms with Gasteiger partial charge in [0, 0.05) is 26.7 Å². The lowest BCUT2D eigenvalue weighted by molar-refractivity contribution is 0.131. The Morgan fingerprint density at radius 3 is 2.50 bits per heavy atom. The molecule has 0 aliphatic rings. The number of methoxy groups -OCH3 is 1. The zero-order chi connectivity index (χ0) is 11.6. The molecule has 1 N–H and O–H groups in total. The molecule has 0 bridgehead atoms. The molecule has 0 aromatic heterocycles. The Morgan fingerprint density at radius 1 is 1.12 bits per heavy atom. The van der Waals surface area contributed by atoms with Crippen molar-refractivity contribution in [2.45, 2.75) is 6.42 Å². The van der Waals surface area contributed by atoms with Gasteiger partial charge < -0.3 is 9.84 Å². The molecule has 0 aliphatic heterocycles. The molecule has 3 heteroatoms. The van der Waals surface area contributed by atoms with Crippen LogP contribution in [0.5, 0.6) is 0 Å². The summed E-state index contributed by atoms with van der Waals surface area (Å²) in [5.41, 5.74) is 1.34. The minimum Gasteiger partial charge on any atom is -0.395 e. The van der Waals surface area contributed by atoms with E-state index in [9.17, 15) is 0 Å². The maximum Gasteiger partial charge on any atom is 0.0589 e. The Bertz CT molecular complexity index is 264. The Morgan fingerprint density at radius 2 is 1.88 bits per heavy atom. The van der Waals surface area contributed by atoms with E-state index in [1.165, 1.54) is 5.56 Å². The monoisotopic (exact) mass is 223 g/mol. The summed E-state index contributed by atoms with van der Waals surface area (Å²) in [7, 11) is 1.70. The average molecular weight is 223 g/mol. The quantitative estimate of drug-likeness (QED) is 0.718. The van der Waals surface area contributed by atoms with E-state index in [1.807, 2.05) is 6.07 Å². The van der Waals surface area contributed by atoms with Crippen LogP contribution in [0.2, 0.25) is 0 Å². The smallest absolute Gasteiger partial charge is 0.0589 e.